The fraction of sp³-hybridized carbons (Fsp3) is 0.0909. The molecule has 1 heterocycles. The summed E-state index contributed by atoms with van der Waals surface area (Å²) in [7, 11) is 0. The van der Waals surface area contributed by atoms with Crippen molar-refractivity contribution in [2.75, 3.05) is 5.32 Å². The fourth-order valence-electron chi connectivity index (χ4n) is 1.71. The molecule has 0 aliphatic carbocycles. The zero-order valence-corrected chi connectivity index (χ0v) is 13.8. The predicted octanol–water partition coefficient (Wildman–Crippen LogP) is 2.17. The Morgan fingerprint density at radius 3 is 2.59 bits per heavy atom. The van der Waals surface area contributed by atoms with Gasteiger partial charge in [-0.15, -0.1) is 0 Å². The SMILES string of the molecule is CC(=O)ON=C1C(=O)Nc2cc(Br)c(Br)c([N+](=O)[O-])c2C1=O. The van der Waals surface area contributed by atoms with Crippen LogP contribution in [0.2, 0.25) is 0 Å². The molecule has 0 fully saturated rings. The van der Waals surface area contributed by atoms with Gasteiger partial charge in [0.25, 0.3) is 11.6 Å². The van der Waals surface area contributed by atoms with E-state index in [2.05, 4.69) is 47.2 Å². The molecule has 1 aliphatic heterocycles. The Balaban J connectivity index is 2.68. The van der Waals surface area contributed by atoms with Crippen LogP contribution < -0.4 is 5.32 Å². The summed E-state index contributed by atoms with van der Waals surface area (Å²) < 4.78 is 0.319. The molecule has 0 bridgehead atoms. The Bertz CT molecular complexity index is 774. The second-order valence-electron chi connectivity index (χ2n) is 4.01. The first-order valence-corrected chi connectivity index (χ1v) is 7.10. The highest BCUT2D eigenvalue weighted by atomic mass is 79.9. The van der Waals surface area contributed by atoms with Crippen LogP contribution in [0.3, 0.4) is 0 Å². The maximum atomic E-state index is 12.3. The highest BCUT2D eigenvalue weighted by Gasteiger charge is 2.39. The van der Waals surface area contributed by atoms with Crippen molar-refractivity contribution in [2.45, 2.75) is 6.92 Å². The quantitative estimate of drug-likeness (QED) is 0.431. The number of nitro groups is 1. The van der Waals surface area contributed by atoms with Crippen LogP contribution in [0.5, 0.6) is 0 Å². The summed E-state index contributed by atoms with van der Waals surface area (Å²) in [5, 5.41) is 16.7. The standard InChI is InChI=1S/C11H5Br2N3O6/c1-3(17)22-15-8-10(18)6-5(14-11(8)19)2-4(12)7(13)9(6)16(20)21/h2H,1H3,(H,14,19). The number of amides is 1. The van der Waals surface area contributed by atoms with Crippen LogP contribution in [-0.2, 0) is 14.4 Å². The molecule has 0 radical (unpaired) electrons. The molecule has 0 saturated heterocycles. The van der Waals surface area contributed by atoms with Gasteiger partial charge >= 0.3 is 5.97 Å². The Labute approximate surface area is 139 Å². The van der Waals surface area contributed by atoms with Crippen LogP contribution in [0.4, 0.5) is 11.4 Å². The molecule has 0 spiro atoms. The van der Waals surface area contributed by atoms with Gasteiger partial charge in [0.1, 0.15) is 10.0 Å². The number of carbonyl (C=O) groups excluding carboxylic acids is 3. The number of ketones is 1. The minimum absolute atomic E-state index is 0.0348. The van der Waals surface area contributed by atoms with E-state index in [9.17, 15) is 24.5 Å². The van der Waals surface area contributed by atoms with E-state index in [1.165, 1.54) is 6.07 Å². The highest BCUT2D eigenvalue weighted by Crippen LogP contribution is 2.41. The summed E-state index contributed by atoms with van der Waals surface area (Å²) in [5.41, 5.74) is -1.69. The van der Waals surface area contributed by atoms with Crippen molar-refractivity contribution in [2.24, 2.45) is 5.16 Å². The van der Waals surface area contributed by atoms with Crippen LogP contribution in [0.25, 0.3) is 0 Å². The topological polar surface area (TPSA) is 128 Å². The molecule has 1 aromatic carbocycles. The lowest BCUT2D eigenvalue weighted by atomic mass is 9.98. The molecule has 1 N–H and O–H groups in total. The number of halogens is 2. The average Bonchev–Trinajstić information content (AvgIpc) is 2.40. The number of rotatable bonds is 2. The molecular formula is C11H5Br2N3O6. The summed E-state index contributed by atoms with van der Waals surface area (Å²) in [4.78, 5) is 49.5. The lowest BCUT2D eigenvalue weighted by Gasteiger charge is -2.17. The molecule has 114 valence electrons. The van der Waals surface area contributed by atoms with E-state index < -0.39 is 34.0 Å². The van der Waals surface area contributed by atoms with Crippen molar-refractivity contribution in [1.82, 2.24) is 0 Å². The van der Waals surface area contributed by atoms with E-state index in [0.29, 0.717) is 0 Å². The first kappa shape index (κ1) is 16.2. The number of Topliss-reactive ketones (excluding diaryl/α,β-unsaturated/α-hetero) is 1. The van der Waals surface area contributed by atoms with E-state index in [1.807, 2.05) is 0 Å². The molecule has 0 atom stereocenters. The first-order valence-electron chi connectivity index (χ1n) is 5.52. The van der Waals surface area contributed by atoms with Gasteiger partial charge in [-0.1, -0.05) is 5.16 Å². The van der Waals surface area contributed by atoms with E-state index in [0.717, 1.165) is 6.92 Å². The molecule has 0 saturated carbocycles. The Hall–Kier alpha value is -2.14. The van der Waals surface area contributed by atoms with E-state index in [-0.39, 0.29) is 20.2 Å². The number of carbonyl (C=O) groups is 3. The van der Waals surface area contributed by atoms with Gasteiger partial charge in [-0.05, 0) is 37.9 Å². The largest absolute Gasteiger partial charge is 0.332 e. The number of hydrogen-bond donors (Lipinski definition) is 1. The minimum Gasteiger partial charge on any atom is -0.319 e. The maximum absolute atomic E-state index is 12.3. The van der Waals surface area contributed by atoms with E-state index in [4.69, 9.17) is 0 Å². The second-order valence-corrected chi connectivity index (χ2v) is 5.65. The first-order chi connectivity index (χ1) is 10.2. The molecule has 22 heavy (non-hydrogen) atoms. The number of nitro benzene ring substituents is 1. The Morgan fingerprint density at radius 1 is 1.41 bits per heavy atom. The number of oxime groups is 1. The summed E-state index contributed by atoms with van der Waals surface area (Å²) >= 11 is 6.09. The third-order valence-electron chi connectivity index (χ3n) is 2.55. The van der Waals surface area contributed by atoms with Gasteiger partial charge in [0.15, 0.2) is 0 Å². The zero-order chi connectivity index (χ0) is 16.6. The van der Waals surface area contributed by atoms with Gasteiger partial charge in [-0.3, -0.25) is 19.7 Å². The van der Waals surface area contributed by atoms with Gasteiger partial charge in [0, 0.05) is 11.4 Å². The third-order valence-corrected chi connectivity index (χ3v) is 4.51. The lowest BCUT2D eigenvalue weighted by Crippen LogP contribution is -2.36. The summed E-state index contributed by atoms with van der Waals surface area (Å²) in [5.74, 6) is -2.78. The van der Waals surface area contributed by atoms with Crippen LogP contribution in [0, 0.1) is 10.1 Å². The molecule has 11 heteroatoms. The highest BCUT2D eigenvalue weighted by molar-refractivity contribution is 9.13. The summed E-state index contributed by atoms with van der Waals surface area (Å²) in [6.07, 6.45) is 0. The normalized spacial score (nSPS) is 15.3. The van der Waals surface area contributed by atoms with Crippen molar-refractivity contribution < 1.29 is 24.1 Å². The van der Waals surface area contributed by atoms with Gasteiger partial charge in [-0.2, -0.15) is 0 Å². The van der Waals surface area contributed by atoms with Crippen LogP contribution in [0.15, 0.2) is 20.2 Å². The van der Waals surface area contributed by atoms with Crippen molar-refractivity contribution in [3.63, 3.8) is 0 Å². The molecule has 0 unspecified atom stereocenters. The van der Waals surface area contributed by atoms with Gasteiger partial charge in [-0.25, -0.2) is 4.79 Å². The maximum Gasteiger partial charge on any atom is 0.332 e. The monoisotopic (exact) mass is 433 g/mol. The summed E-state index contributed by atoms with van der Waals surface area (Å²) in [6.45, 7) is 1.03. The van der Waals surface area contributed by atoms with Crippen molar-refractivity contribution in [3.8, 4) is 0 Å². The molecular weight excluding hydrogens is 430 g/mol. The zero-order valence-electron chi connectivity index (χ0n) is 10.7. The van der Waals surface area contributed by atoms with Gasteiger partial charge in [0.2, 0.25) is 11.5 Å². The average molecular weight is 435 g/mol. The molecule has 1 aromatic rings. The second kappa shape index (κ2) is 5.93. The predicted molar refractivity (Wildman–Crippen MR) is 80.7 cm³/mol. The number of benzene rings is 1. The van der Waals surface area contributed by atoms with E-state index >= 15 is 0 Å². The van der Waals surface area contributed by atoms with E-state index in [1.54, 1.807) is 0 Å². The van der Waals surface area contributed by atoms with Crippen LogP contribution >= 0.6 is 31.9 Å². The Morgan fingerprint density at radius 2 is 2.05 bits per heavy atom. The van der Waals surface area contributed by atoms with Crippen LogP contribution in [0.1, 0.15) is 17.3 Å². The molecule has 0 aromatic heterocycles. The summed E-state index contributed by atoms with van der Waals surface area (Å²) in [6, 6.07) is 1.34. The molecule has 9 nitrogen and oxygen atoms in total. The number of nitrogens with zero attached hydrogens (tertiary/aromatic N) is 2. The van der Waals surface area contributed by atoms with Crippen molar-refractivity contribution in [3.05, 3.63) is 30.7 Å². The third kappa shape index (κ3) is 2.76. The van der Waals surface area contributed by atoms with Crippen molar-refractivity contribution >= 4 is 66.6 Å². The fourth-order valence-corrected chi connectivity index (χ4v) is 2.58. The number of fused-ring (bicyclic) bond motifs is 1. The van der Waals surface area contributed by atoms with Gasteiger partial charge in [0.05, 0.1) is 10.6 Å². The van der Waals surface area contributed by atoms with Crippen molar-refractivity contribution in [1.29, 1.82) is 0 Å². The number of hydrogen-bond acceptors (Lipinski definition) is 7. The smallest absolute Gasteiger partial charge is 0.319 e. The molecule has 1 aliphatic rings. The minimum atomic E-state index is -1.01. The Kier molecular flexibility index (Phi) is 4.37. The molecule has 1 amide bonds. The van der Waals surface area contributed by atoms with Crippen LogP contribution in [-0.4, -0.2) is 28.3 Å². The number of nitrogens with one attached hydrogen (secondary N) is 1. The molecule has 2 rings (SSSR count). The number of anilines is 1. The lowest BCUT2D eigenvalue weighted by molar-refractivity contribution is -0.385. The van der Waals surface area contributed by atoms with Gasteiger partial charge < -0.3 is 10.2 Å².